The molecule has 0 atom stereocenters. The molecule has 1 aromatic heterocycles. The molecule has 1 nitrogen and oxygen atoms in total. The van der Waals surface area contributed by atoms with E-state index < -0.39 is 0 Å². The highest BCUT2D eigenvalue weighted by Gasteiger charge is 2.04. The molecule has 0 radical (unpaired) electrons. The molecule has 0 aliphatic rings. The maximum atomic E-state index is 6.28. The van der Waals surface area contributed by atoms with Crippen LogP contribution in [0.4, 0.5) is 0 Å². The van der Waals surface area contributed by atoms with Gasteiger partial charge >= 0.3 is 0 Å². The van der Waals surface area contributed by atoms with Crippen molar-refractivity contribution in [3.05, 3.63) is 45.6 Å². The van der Waals surface area contributed by atoms with Gasteiger partial charge in [-0.1, -0.05) is 30.7 Å². The minimum absolute atomic E-state index is 0.828. The molecule has 0 bridgehead atoms. The SMILES string of the molecule is CCNCc1ccc(-c2ccsc2)c(Cl)c1. The van der Waals surface area contributed by atoms with Crippen LogP contribution in [0.1, 0.15) is 12.5 Å². The highest BCUT2D eigenvalue weighted by molar-refractivity contribution is 7.08. The predicted octanol–water partition coefficient (Wildman–Crippen LogP) is 4.18. The van der Waals surface area contributed by atoms with Crippen molar-refractivity contribution in [3.8, 4) is 11.1 Å². The zero-order chi connectivity index (χ0) is 11.4. The van der Waals surface area contributed by atoms with Crippen LogP contribution in [0.3, 0.4) is 0 Å². The van der Waals surface area contributed by atoms with Gasteiger partial charge in [0.1, 0.15) is 0 Å². The zero-order valence-electron chi connectivity index (χ0n) is 9.16. The van der Waals surface area contributed by atoms with Gasteiger partial charge < -0.3 is 5.32 Å². The van der Waals surface area contributed by atoms with Crippen molar-refractivity contribution in [1.29, 1.82) is 0 Å². The van der Waals surface area contributed by atoms with Gasteiger partial charge in [-0.15, -0.1) is 0 Å². The van der Waals surface area contributed by atoms with Crippen molar-refractivity contribution in [2.45, 2.75) is 13.5 Å². The Morgan fingerprint density at radius 3 is 2.81 bits per heavy atom. The summed E-state index contributed by atoms with van der Waals surface area (Å²) < 4.78 is 0. The van der Waals surface area contributed by atoms with Crippen molar-refractivity contribution < 1.29 is 0 Å². The van der Waals surface area contributed by atoms with Gasteiger partial charge in [-0.05, 0) is 40.6 Å². The van der Waals surface area contributed by atoms with E-state index in [2.05, 4.69) is 41.2 Å². The molecule has 84 valence electrons. The Bertz CT molecular complexity index is 451. The minimum Gasteiger partial charge on any atom is -0.313 e. The molecule has 3 heteroatoms. The molecule has 0 saturated heterocycles. The van der Waals surface area contributed by atoms with Crippen LogP contribution in [0.15, 0.2) is 35.0 Å². The largest absolute Gasteiger partial charge is 0.313 e. The first-order valence-corrected chi connectivity index (χ1v) is 6.65. The van der Waals surface area contributed by atoms with Gasteiger partial charge in [0, 0.05) is 17.1 Å². The van der Waals surface area contributed by atoms with Crippen molar-refractivity contribution >= 4 is 22.9 Å². The number of rotatable bonds is 4. The summed E-state index contributed by atoms with van der Waals surface area (Å²) in [6, 6.07) is 8.35. The van der Waals surface area contributed by atoms with Crippen LogP contribution in [0.2, 0.25) is 5.02 Å². The average molecular weight is 252 g/mol. The fourth-order valence-electron chi connectivity index (χ4n) is 1.59. The van der Waals surface area contributed by atoms with Crippen molar-refractivity contribution in [2.75, 3.05) is 6.54 Å². The lowest BCUT2D eigenvalue weighted by atomic mass is 10.1. The molecular formula is C13H14ClNS. The molecule has 0 aliphatic heterocycles. The third kappa shape index (κ3) is 2.64. The summed E-state index contributed by atoms with van der Waals surface area (Å²) in [5.41, 5.74) is 3.54. The summed E-state index contributed by atoms with van der Waals surface area (Å²) in [5, 5.41) is 8.30. The molecule has 0 spiro atoms. The van der Waals surface area contributed by atoms with Gasteiger partial charge in [-0.25, -0.2) is 0 Å². The lowest BCUT2D eigenvalue weighted by Crippen LogP contribution is -2.11. The molecule has 2 aromatic rings. The van der Waals surface area contributed by atoms with E-state index in [-0.39, 0.29) is 0 Å². The number of nitrogens with one attached hydrogen (secondary N) is 1. The molecule has 0 amide bonds. The summed E-state index contributed by atoms with van der Waals surface area (Å²) in [4.78, 5) is 0. The molecule has 1 N–H and O–H groups in total. The third-order valence-corrected chi connectivity index (χ3v) is 3.44. The first-order valence-electron chi connectivity index (χ1n) is 5.33. The standard InChI is InChI=1S/C13H14ClNS/c1-2-15-8-10-3-4-12(13(14)7-10)11-5-6-16-9-11/h3-7,9,15H,2,8H2,1H3. The monoisotopic (exact) mass is 251 g/mol. The summed E-state index contributed by atoms with van der Waals surface area (Å²) in [6.45, 7) is 3.95. The second-order valence-electron chi connectivity index (χ2n) is 3.61. The Morgan fingerprint density at radius 1 is 1.31 bits per heavy atom. The highest BCUT2D eigenvalue weighted by atomic mass is 35.5. The molecule has 0 saturated carbocycles. The fraction of sp³-hybridized carbons (Fsp3) is 0.231. The smallest absolute Gasteiger partial charge is 0.0487 e. The second-order valence-corrected chi connectivity index (χ2v) is 4.79. The first kappa shape index (κ1) is 11.6. The summed E-state index contributed by atoms with van der Waals surface area (Å²) in [6.07, 6.45) is 0. The predicted molar refractivity (Wildman–Crippen MR) is 72.1 cm³/mol. The summed E-state index contributed by atoms with van der Waals surface area (Å²) in [7, 11) is 0. The lowest BCUT2D eigenvalue weighted by molar-refractivity contribution is 0.727. The van der Waals surface area contributed by atoms with Crippen molar-refractivity contribution in [3.63, 3.8) is 0 Å². The van der Waals surface area contributed by atoms with Gasteiger partial charge in [-0.2, -0.15) is 11.3 Å². The van der Waals surface area contributed by atoms with Crippen LogP contribution in [-0.2, 0) is 6.54 Å². The van der Waals surface area contributed by atoms with Crippen molar-refractivity contribution in [1.82, 2.24) is 5.32 Å². The number of hydrogen-bond donors (Lipinski definition) is 1. The topological polar surface area (TPSA) is 12.0 Å². The van der Waals surface area contributed by atoms with Crippen LogP contribution in [-0.4, -0.2) is 6.54 Å². The number of benzene rings is 1. The van der Waals surface area contributed by atoms with E-state index in [0.717, 1.165) is 23.7 Å². The normalized spacial score (nSPS) is 10.6. The van der Waals surface area contributed by atoms with Crippen LogP contribution in [0.25, 0.3) is 11.1 Å². The van der Waals surface area contributed by atoms with Gasteiger partial charge in [0.15, 0.2) is 0 Å². The Hall–Kier alpha value is -0.830. The number of hydrogen-bond acceptors (Lipinski definition) is 2. The van der Waals surface area contributed by atoms with E-state index in [9.17, 15) is 0 Å². The van der Waals surface area contributed by atoms with E-state index in [1.54, 1.807) is 11.3 Å². The van der Waals surface area contributed by atoms with Crippen LogP contribution in [0, 0.1) is 0 Å². The van der Waals surface area contributed by atoms with E-state index in [0.29, 0.717) is 0 Å². The van der Waals surface area contributed by atoms with Crippen molar-refractivity contribution in [2.24, 2.45) is 0 Å². The number of thiophene rings is 1. The van der Waals surface area contributed by atoms with Crippen LogP contribution >= 0.6 is 22.9 Å². The van der Waals surface area contributed by atoms with Gasteiger partial charge in [0.2, 0.25) is 0 Å². The Labute approximate surface area is 105 Å². The molecule has 1 aromatic carbocycles. The summed E-state index contributed by atoms with van der Waals surface area (Å²) >= 11 is 7.97. The molecule has 16 heavy (non-hydrogen) atoms. The third-order valence-electron chi connectivity index (χ3n) is 2.44. The van der Waals surface area contributed by atoms with Gasteiger partial charge in [0.25, 0.3) is 0 Å². The molecule has 0 aliphatic carbocycles. The average Bonchev–Trinajstić information content (AvgIpc) is 2.80. The van der Waals surface area contributed by atoms with E-state index in [1.807, 2.05) is 6.07 Å². The van der Waals surface area contributed by atoms with E-state index >= 15 is 0 Å². The molecule has 1 heterocycles. The summed E-state index contributed by atoms with van der Waals surface area (Å²) in [5.74, 6) is 0. The Morgan fingerprint density at radius 2 is 2.19 bits per heavy atom. The van der Waals surface area contributed by atoms with Crippen LogP contribution in [0.5, 0.6) is 0 Å². The molecule has 0 unspecified atom stereocenters. The maximum absolute atomic E-state index is 6.28. The Kier molecular flexibility index (Phi) is 3.99. The molecular weight excluding hydrogens is 238 g/mol. The van der Waals surface area contributed by atoms with Gasteiger partial charge in [-0.3, -0.25) is 0 Å². The fourth-order valence-corrected chi connectivity index (χ4v) is 2.56. The quantitative estimate of drug-likeness (QED) is 0.860. The minimum atomic E-state index is 0.828. The maximum Gasteiger partial charge on any atom is 0.0487 e. The first-order chi connectivity index (χ1) is 7.81. The lowest BCUT2D eigenvalue weighted by Gasteiger charge is -2.06. The van der Waals surface area contributed by atoms with Crippen LogP contribution < -0.4 is 5.32 Å². The molecule has 2 rings (SSSR count). The number of halogens is 1. The van der Waals surface area contributed by atoms with Gasteiger partial charge in [0.05, 0.1) is 0 Å². The molecule has 0 fully saturated rings. The van der Waals surface area contributed by atoms with E-state index in [4.69, 9.17) is 11.6 Å². The zero-order valence-corrected chi connectivity index (χ0v) is 10.7. The second kappa shape index (κ2) is 5.48. The van der Waals surface area contributed by atoms with E-state index in [1.165, 1.54) is 11.1 Å². The highest BCUT2D eigenvalue weighted by Crippen LogP contribution is 2.30. The Balaban J connectivity index is 2.23.